The number of para-hydroxylation sites is 2. The molecule has 0 aliphatic heterocycles. The maximum Gasteiger partial charge on any atom is 0.130 e. The summed E-state index contributed by atoms with van der Waals surface area (Å²) in [6.07, 6.45) is 6.55. The number of fused-ring (bicyclic) bond motifs is 2. The molecule has 0 unspecified atom stereocenters. The average Bonchev–Trinajstić information content (AvgIpc) is 3.16. The molecule has 0 amide bonds. The Kier molecular flexibility index (Phi) is 6.34. The number of nitrogens with two attached hydrogens (primary N) is 1. The maximum atomic E-state index is 5.77. The number of ether oxygens (including phenoxy) is 1. The molecule has 0 radical (unpaired) electrons. The van der Waals surface area contributed by atoms with E-state index in [2.05, 4.69) is 42.2 Å². The van der Waals surface area contributed by atoms with E-state index in [0.717, 1.165) is 60.3 Å². The summed E-state index contributed by atoms with van der Waals surface area (Å²) in [5, 5.41) is 2.35. The van der Waals surface area contributed by atoms with Gasteiger partial charge in [0.15, 0.2) is 0 Å². The molecule has 4 aromatic rings. The first kappa shape index (κ1) is 20.4. The molecule has 4 heteroatoms. The van der Waals surface area contributed by atoms with Crippen molar-refractivity contribution >= 4 is 21.8 Å². The number of aromatic nitrogens is 2. The predicted octanol–water partition coefficient (Wildman–Crippen LogP) is 6.02. The quantitative estimate of drug-likeness (QED) is 0.337. The summed E-state index contributed by atoms with van der Waals surface area (Å²) in [7, 11) is 1.72. The Morgan fingerprint density at radius 1 is 0.967 bits per heavy atom. The molecule has 0 bridgehead atoms. The lowest BCUT2D eigenvalue weighted by molar-refractivity contribution is 0.419. The van der Waals surface area contributed by atoms with Gasteiger partial charge in [0.2, 0.25) is 0 Å². The lowest BCUT2D eigenvalue weighted by Crippen LogP contribution is -1.99. The first-order chi connectivity index (χ1) is 14.8. The first-order valence-corrected chi connectivity index (χ1v) is 11.0. The number of unbranched alkanes of at least 4 members (excludes halogenated alkanes) is 2. The lowest BCUT2D eigenvalue weighted by Gasteiger charge is -2.10. The number of methoxy groups -OCH3 is 1. The molecule has 0 aliphatic carbocycles. The van der Waals surface area contributed by atoms with Crippen LogP contribution in [0.2, 0.25) is 0 Å². The van der Waals surface area contributed by atoms with Crippen LogP contribution >= 0.6 is 0 Å². The monoisotopic (exact) mass is 401 g/mol. The van der Waals surface area contributed by atoms with Crippen molar-refractivity contribution in [3.63, 3.8) is 0 Å². The van der Waals surface area contributed by atoms with Crippen molar-refractivity contribution in [2.45, 2.75) is 45.4 Å². The van der Waals surface area contributed by atoms with E-state index in [1.165, 1.54) is 34.9 Å². The van der Waals surface area contributed by atoms with Crippen LogP contribution in [0.25, 0.3) is 33.2 Å². The van der Waals surface area contributed by atoms with Crippen molar-refractivity contribution < 1.29 is 4.74 Å². The average molecular weight is 402 g/mol. The zero-order valence-corrected chi connectivity index (χ0v) is 18.0. The van der Waals surface area contributed by atoms with E-state index in [9.17, 15) is 0 Å². The fourth-order valence-electron chi connectivity index (χ4n) is 4.27. The second-order valence-electron chi connectivity index (χ2n) is 7.89. The minimum Gasteiger partial charge on any atom is -0.496 e. The second kappa shape index (κ2) is 9.31. The van der Waals surface area contributed by atoms with Crippen LogP contribution in [0.4, 0.5) is 0 Å². The molecule has 0 fully saturated rings. The Bertz CT molecular complexity index is 1150. The number of rotatable bonds is 9. The topological polar surface area (TPSA) is 63.9 Å². The van der Waals surface area contributed by atoms with Gasteiger partial charge in [0.1, 0.15) is 5.75 Å². The normalized spacial score (nSPS) is 11.4. The van der Waals surface area contributed by atoms with E-state index in [-0.39, 0.29) is 0 Å². The number of H-pyrrole nitrogens is 1. The summed E-state index contributed by atoms with van der Waals surface area (Å²) >= 11 is 0. The van der Waals surface area contributed by atoms with Crippen LogP contribution in [0.1, 0.15) is 43.7 Å². The number of benzene rings is 2. The Hall–Kier alpha value is -2.85. The van der Waals surface area contributed by atoms with Gasteiger partial charge in [-0.15, -0.1) is 0 Å². The Labute approximate surface area is 178 Å². The zero-order valence-electron chi connectivity index (χ0n) is 18.0. The molecule has 4 nitrogen and oxygen atoms in total. The van der Waals surface area contributed by atoms with Crippen molar-refractivity contribution in [2.75, 3.05) is 13.7 Å². The number of pyridine rings is 1. The molecular formula is C26H31N3O. The molecule has 0 atom stereocenters. The largest absolute Gasteiger partial charge is 0.496 e. The van der Waals surface area contributed by atoms with Crippen LogP contribution in [0.3, 0.4) is 0 Å². The highest BCUT2D eigenvalue weighted by molar-refractivity contribution is 5.94. The lowest BCUT2D eigenvalue weighted by atomic mass is 9.99. The van der Waals surface area contributed by atoms with Crippen molar-refractivity contribution in [3.8, 4) is 17.1 Å². The molecule has 2 aromatic heterocycles. The van der Waals surface area contributed by atoms with Gasteiger partial charge in [0.25, 0.3) is 0 Å². The van der Waals surface area contributed by atoms with E-state index in [4.69, 9.17) is 15.5 Å². The van der Waals surface area contributed by atoms with E-state index in [1.807, 2.05) is 18.2 Å². The zero-order chi connectivity index (χ0) is 20.9. The van der Waals surface area contributed by atoms with Crippen LogP contribution in [0.5, 0.6) is 5.75 Å². The molecule has 2 aromatic carbocycles. The van der Waals surface area contributed by atoms with Crippen LogP contribution in [0, 0.1) is 0 Å². The highest BCUT2D eigenvalue weighted by atomic mass is 16.5. The smallest absolute Gasteiger partial charge is 0.130 e. The molecule has 2 heterocycles. The van der Waals surface area contributed by atoms with Crippen molar-refractivity contribution in [2.24, 2.45) is 5.73 Å². The summed E-state index contributed by atoms with van der Waals surface area (Å²) in [5.74, 6) is 0.855. The predicted molar refractivity (Wildman–Crippen MR) is 126 cm³/mol. The Morgan fingerprint density at radius 2 is 1.80 bits per heavy atom. The maximum absolute atomic E-state index is 5.77. The minimum absolute atomic E-state index is 0.724. The summed E-state index contributed by atoms with van der Waals surface area (Å²) < 4.78 is 5.71. The van der Waals surface area contributed by atoms with Gasteiger partial charge >= 0.3 is 0 Å². The van der Waals surface area contributed by atoms with Crippen LogP contribution in [-0.2, 0) is 12.8 Å². The van der Waals surface area contributed by atoms with Gasteiger partial charge in [-0.1, -0.05) is 43.7 Å². The standard InChI is InChI=1S/C26H31N3O/c1-3-4-10-18-11-9-14-19-20(12-7-8-16-27)26(29-25(18)19)23-17-24(30-2)21-13-5-6-15-22(21)28-23/h5-6,9,11,13-15,17,29H,3-4,7-8,10,12,16,27H2,1-2H3. The molecular weight excluding hydrogens is 370 g/mol. The van der Waals surface area contributed by atoms with Gasteiger partial charge < -0.3 is 15.5 Å². The minimum atomic E-state index is 0.724. The van der Waals surface area contributed by atoms with Crippen molar-refractivity contribution in [1.82, 2.24) is 9.97 Å². The molecule has 0 saturated carbocycles. The third-order valence-corrected chi connectivity index (χ3v) is 5.86. The molecule has 0 saturated heterocycles. The van der Waals surface area contributed by atoms with Crippen LogP contribution in [0.15, 0.2) is 48.5 Å². The number of hydrogen-bond acceptors (Lipinski definition) is 3. The van der Waals surface area contributed by atoms with Gasteiger partial charge in [-0.05, 0) is 61.9 Å². The van der Waals surface area contributed by atoms with Gasteiger partial charge in [0, 0.05) is 22.4 Å². The molecule has 0 aliphatic rings. The number of aromatic amines is 1. The van der Waals surface area contributed by atoms with E-state index in [0.29, 0.717) is 0 Å². The van der Waals surface area contributed by atoms with Gasteiger partial charge in [0.05, 0.1) is 24.0 Å². The Morgan fingerprint density at radius 3 is 2.60 bits per heavy atom. The molecule has 3 N–H and O–H groups in total. The van der Waals surface area contributed by atoms with E-state index in [1.54, 1.807) is 7.11 Å². The number of aryl methyl sites for hydroxylation is 2. The fourth-order valence-corrected chi connectivity index (χ4v) is 4.27. The van der Waals surface area contributed by atoms with E-state index < -0.39 is 0 Å². The van der Waals surface area contributed by atoms with E-state index >= 15 is 0 Å². The third-order valence-electron chi connectivity index (χ3n) is 5.86. The number of nitrogens with one attached hydrogen (secondary N) is 1. The number of nitrogens with zero attached hydrogens (tertiary/aromatic N) is 1. The Balaban J connectivity index is 1.90. The van der Waals surface area contributed by atoms with Gasteiger partial charge in [-0.3, -0.25) is 0 Å². The summed E-state index contributed by atoms with van der Waals surface area (Å²) in [6, 6.07) is 16.9. The van der Waals surface area contributed by atoms with Crippen molar-refractivity contribution in [1.29, 1.82) is 0 Å². The fraction of sp³-hybridized carbons (Fsp3) is 0.346. The molecule has 156 valence electrons. The summed E-state index contributed by atoms with van der Waals surface area (Å²) in [4.78, 5) is 8.75. The molecule has 30 heavy (non-hydrogen) atoms. The molecule has 0 spiro atoms. The van der Waals surface area contributed by atoms with Crippen LogP contribution < -0.4 is 10.5 Å². The number of hydrogen-bond donors (Lipinski definition) is 2. The third kappa shape index (κ3) is 3.92. The summed E-state index contributed by atoms with van der Waals surface area (Å²) in [6.45, 7) is 2.96. The summed E-state index contributed by atoms with van der Waals surface area (Å²) in [5.41, 5.74) is 12.7. The SMILES string of the molecule is CCCCc1cccc2c(CCCCN)c(-c3cc(OC)c4ccccc4n3)[nH]c12. The second-order valence-corrected chi connectivity index (χ2v) is 7.89. The highest BCUT2D eigenvalue weighted by Crippen LogP contribution is 2.36. The first-order valence-electron chi connectivity index (χ1n) is 11.0. The highest BCUT2D eigenvalue weighted by Gasteiger charge is 2.18. The van der Waals surface area contributed by atoms with Gasteiger partial charge in [-0.2, -0.15) is 0 Å². The van der Waals surface area contributed by atoms with Crippen LogP contribution in [-0.4, -0.2) is 23.6 Å². The van der Waals surface area contributed by atoms with Gasteiger partial charge in [-0.25, -0.2) is 4.98 Å². The molecule has 4 rings (SSSR count). The van der Waals surface area contributed by atoms with Crippen molar-refractivity contribution in [3.05, 3.63) is 59.7 Å².